The van der Waals surface area contributed by atoms with Crippen molar-refractivity contribution in [2.24, 2.45) is 0 Å². The van der Waals surface area contributed by atoms with Crippen LogP contribution < -0.4 is 0 Å². The maximum atomic E-state index is 12.9. The van der Waals surface area contributed by atoms with Gasteiger partial charge in [0, 0.05) is 5.41 Å². The predicted molar refractivity (Wildman–Crippen MR) is 70.3 cm³/mol. The molecule has 0 bridgehead atoms. The summed E-state index contributed by atoms with van der Waals surface area (Å²) >= 11 is 1.58. The predicted octanol–water partition coefficient (Wildman–Crippen LogP) is 2.35. The Morgan fingerprint density at radius 1 is 1.06 bits per heavy atom. The van der Waals surface area contributed by atoms with E-state index in [4.69, 9.17) is 0 Å². The zero-order chi connectivity index (χ0) is 13.0. The van der Waals surface area contributed by atoms with E-state index in [0.29, 0.717) is 6.42 Å². The van der Waals surface area contributed by atoms with E-state index in [2.05, 4.69) is 0 Å². The number of hydrogen-bond donors (Lipinski definition) is 2. The fourth-order valence-corrected chi connectivity index (χ4v) is 2.70. The summed E-state index contributed by atoms with van der Waals surface area (Å²) in [7, 11) is 0. The van der Waals surface area contributed by atoms with Gasteiger partial charge in [-0.1, -0.05) is 12.1 Å². The molecule has 0 spiro atoms. The Morgan fingerprint density at radius 2 is 1.72 bits per heavy atom. The molecule has 2 aromatic rings. The number of aliphatic hydroxyl groups excluding tert-OH is 2. The Kier molecular flexibility index (Phi) is 4.11. The summed E-state index contributed by atoms with van der Waals surface area (Å²) in [5.41, 5.74) is 1.06. The van der Waals surface area contributed by atoms with Gasteiger partial charge >= 0.3 is 0 Å². The molecule has 0 aliphatic heterocycles. The van der Waals surface area contributed by atoms with Gasteiger partial charge in [-0.25, -0.2) is 4.39 Å². The number of halogens is 1. The summed E-state index contributed by atoms with van der Waals surface area (Å²) in [6, 6.07) is 7.91. The fourth-order valence-electron chi connectivity index (χ4n) is 2.03. The van der Waals surface area contributed by atoms with Crippen molar-refractivity contribution in [2.75, 3.05) is 13.2 Å². The highest BCUT2D eigenvalue weighted by Gasteiger charge is 2.31. The molecule has 2 rings (SSSR count). The van der Waals surface area contributed by atoms with Crippen LogP contribution in [0.3, 0.4) is 0 Å². The first-order chi connectivity index (χ1) is 8.70. The van der Waals surface area contributed by atoms with Crippen molar-refractivity contribution in [3.63, 3.8) is 0 Å². The normalized spacial score (nSPS) is 11.7. The molecular formula is C14H15FO2S. The van der Waals surface area contributed by atoms with Gasteiger partial charge in [0.05, 0.1) is 13.2 Å². The van der Waals surface area contributed by atoms with E-state index < -0.39 is 5.41 Å². The lowest BCUT2D eigenvalue weighted by Crippen LogP contribution is -2.37. The van der Waals surface area contributed by atoms with Crippen molar-refractivity contribution < 1.29 is 14.6 Å². The number of hydrogen-bond acceptors (Lipinski definition) is 3. The minimum Gasteiger partial charge on any atom is -0.395 e. The van der Waals surface area contributed by atoms with Crippen LogP contribution in [0.2, 0.25) is 0 Å². The van der Waals surface area contributed by atoms with Gasteiger partial charge in [0.1, 0.15) is 5.82 Å². The average Bonchev–Trinajstić information content (AvgIpc) is 2.90. The van der Waals surface area contributed by atoms with Crippen LogP contribution in [0.25, 0.3) is 0 Å². The average molecular weight is 266 g/mol. The monoisotopic (exact) mass is 266 g/mol. The largest absolute Gasteiger partial charge is 0.395 e. The molecule has 0 saturated heterocycles. The van der Waals surface area contributed by atoms with E-state index in [9.17, 15) is 14.6 Å². The van der Waals surface area contributed by atoms with Crippen LogP contribution in [0.5, 0.6) is 0 Å². The summed E-state index contributed by atoms with van der Waals surface area (Å²) in [6.07, 6.45) is 0.537. The molecule has 0 unspecified atom stereocenters. The molecule has 0 aliphatic carbocycles. The Balaban J connectivity index is 2.33. The Bertz CT molecular complexity index is 475. The molecular weight excluding hydrogens is 251 g/mol. The summed E-state index contributed by atoms with van der Waals surface area (Å²) in [5, 5.41) is 23.2. The van der Waals surface area contributed by atoms with Crippen molar-refractivity contribution in [1.29, 1.82) is 0 Å². The zero-order valence-corrected chi connectivity index (χ0v) is 10.7. The molecule has 2 nitrogen and oxygen atoms in total. The van der Waals surface area contributed by atoms with E-state index >= 15 is 0 Å². The van der Waals surface area contributed by atoms with Gasteiger partial charge in [-0.3, -0.25) is 0 Å². The van der Waals surface area contributed by atoms with Crippen LogP contribution in [-0.2, 0) is 11.8 Å². The van der Waals surface area contributed by atoms with Crippen molar-refractivity contribution >= 4 is 11.3 Å². The lowest BCUT2D eigenvalue weighted by Gasteiger charge is -2.30. The summed E-state index contributed by atoms with van der Waals surface area (Å²) in [5.74, 6) is -0.320. The second kappa shape index (κ2) is 5.61. The van der Waals surface area contributed by atoms with E-state index in [-0.39, 0.29) is 19.0 Å². The molecule has 0 radical (unpaired) electrons. The first-order valence-electron chi connectivity index (χ1n) is 5.69. The summed E-state index contributed by atoms with van der Waals surface area (Å²) < 4.78 is 12.9. The Hall–Kier alpha value is -1.23. The second-order valence-corrected chi connectivity index (χ2v) is 5.19. The highest BCUT2D eigenvalue weighted by Crippen LogP contribution is 2.29. The molecule has 4 heteroatoms. The van der Waals surface area contributed by atoms with Crippen molar-refractivity contribution in [1.82, 2.24) is 0 Å². The molecule has 1 heterocycles. The second-order valence-electron chi connectivity index (χ2n) is 4.41. The van der Waals surface area contributed by atoms with E-state index in [1.165, 1.54) is 12.1 Å². The topological polar surface area (TPSA) is 40.5 Å². The zero-order valence-electron chi connectivity index (χ0n) is 9.84. The Labute approximate surface area is 109 Å². The number of thiophene rings is 1. The van der Waals surface area contributed by atoms with E-state index in [0.717, 1.165) is 11.1 Å². The lowest BCUT2D eigenvalue weighted by molar-refractivity contribution is 0.116. The van der Waals surface area contributed by atoms with Gasteiger partial charge in [-0.15, -0.1) is 0 Å². The van der Waals surface area contributed by atoms with Crippen LogP contribution in [0.1, 0.15) is 11.1 Å². The molecule has 0 aliphatic rings. The van der Waals surface area contributed by atoms with Gasteiger partial charge in [-0.05, 0) is 46.5 Å². The van der Waals surface area contributed by atoms with Gasteiger partial charge in [0.2, 0.25) is 0 Å². The summed E-state index contributed by atoms with van der Waals surface area (Å²) in [6.45, 7) is -0.351. The molecule has 0 atom stereocenters. The van der Waals surface area contributed by atoms with Gasteiger partial charge in [-0.2, -0.15) is 11.3 Å². The Morgan fingerprint density at radius 3 is 2.22 bits per heavy atom. The van der Waals surface area contributed by atoms with Crippen LogP contribution in [-0.4, -0.2) is 23.4 Å². The van der Waals surface area contributed by atoms with Crippen molar-refractivity contribution in [3.8, 4) is 0 Å². The van der Waals surface area contributed by atoms with Crippen molar-refractivity contribution in [2.45, 2.75) is 11.8 Å². The molecule has 0 fully saturated rings. The highest BCUT2D eigenvalue weighted by molar-refractivity contribution is 7.07. The SMILES string of the molecule is OCC(CO)(Cc1ccsc1)c1ccc(F)cc1. The molecule has 1 aromatic heterocycles. The third kappa shape index (κ3) is 2.61. The number of benzene rings is 1. The maximum Gasteiger partial charge on any atom is 0.123 e. The first-order valence-corrected chi connectivity index (χ1v) is 6.63. The van der Waals surface area contributed by atoms with Crippen LogP contribution >= 0.6 is 11.3 Å². The first kappa shape index (κ1) is 13.2. The smallest absolute Gasteiger partial charge is 0.123 e. The van der Waals surface area contributed by atoms with Gasteiger partial charge in [0.25, 0.3) is 0 Å². The number of rotatable bonds is 5. The standard InChI is InChI=1S/C14H15FO2S/c15-13-3-1-12(2-4-13)14(9-16,10-17)7-11-5-6-18-8-11/h1-6,8,16-17H,7,9-10H2. The molecule has 96 valence electrons. The van der Waals surface area contributed by atoms with Crippen LogP contribution in [0, 0.1) is 5.82 Å². The van der Waals surface area contributed by atoms with Crippen LogP contribution in [0.15, 0.2) is 41.1 Å². The maximum absolute atomic E-state index is 12.9. The third-order valence-corrected chi connectivity index (χ3v) is 3.92. The molecule has 0 amide bonds. The molecule has 0 saturated carbocycles. The minimum atomic E-state index is -0.755. The van der Waals surface area contributed by atoms with Gasteiger partial charge in [0.15, 0.2) is 0 Å². The molecule has 1 aromatic carbocycles. The lowest BCUT2D eigenvalue weighted by atomic mass is 9.77. The van der Waals surface area contributed by atoms with E-state index in [1.54, 1.807) is 23.5 Å². The van der Waals surface area contributed by atoms with Gasteiger partial charge < -0.3 is 10.2 Å². The van der Waals surface area contributed by atoms with E-state index in [1.807, 2.05) is 16.8 Å². The quantitative estimate of drug-likeness (QED) is 0.872. The van der Waals surface area contributed by atoms with Crippen LogP contribution in [0.4, 0.5) is 4.39 Å². The third-order valence-electron chi connectivity index (χ3n) is 3.18. The van der Waals surface area contributed by atoms with Crippen molar-refractivity contribution in [3.05, 3.63) is 58.0 Å². The summed E-state index contributed by atoms with van der Waals surface area (Å²) in [4.78, 5) is 0. The molecule has 18 heavy (non-hydrogen) atoms. The molecule has 2 N–H and O–H groups in total. The number of aliphatic hydroxyl groups is 2. The highest BCUT2D eigenvalue weighted by atomic mass is 32.1. The minimum absolute atomic E-state index is 0.176. The fraction of sp³-hybridized carbons (Fsp3) is 0.286.